The number of hydrogen-bond donors (Lipinski definition) is 0. The van der Waals surface area contributed by atoms with Crippen LogP contribution in [0.5, 0.6) is 0 Å². The van der Waals surface area contributed by atoms with Gasteiger partial charge in [-0.15, -0.1) is 0 Å². The zero-order chi connectivity index (χ0) is 19.1. The number of carbonyl (C=O) groups excluding carboxylic acids is 4. The lowest BCUT2D eigenvalue weighted by Crippen LogP contribution is -1.69. The smallest absolute Gasteiger partial charge is 0.126 e. The molecule has 0 aromatic carbocycles. The fraction of sp³-hybridized carbons (Fsp3) is 0.778. The summed E-state index contributed by atoms with van der Waals surface area (Å²) in [6, 6.07) is 0. The van der Waals surface area contributed by atoms with Gasteiger partial charge in [0.1, 0.15) is 23.1 Å². The molecule has 0 fully saturated rings. The molecule has 4 heteroatoms. The van der Waals surface area contributed by atoms with Crippen LogP contribution in [0.4, 0.5) is 0 Å². The van der Waals surface area contributed by atoms with E-state index in [4.69, 9.17) is 0 Å². The van der Waals surface area contributed by atoms with Crippen LogP contribution in [0.1, 0.15) is 94.9 Å². The van der Waals surface area contributed by atoms with Gasteiger partial charge in [-0.25, -0.2) is 0 Å². The molecule has 0 aromatic heterocycles. The van der Waals surface area contributed by atoms with Crippen molar-refractivity contribution in [3.8, 4) is 0 Å². The second-order valence-electron chi connectivity index (χ2n) is 5.34. The Morgan fingerprint density at radius 2 is 0.545 bits per heavy atom. The van der Waals surface area contributed by atoms with Gasteiger partial charge in [0.05, 0.1) is 0 Å². The van der Waals surface area contributed by atoms with Crippen LogP contribution in [0.2, 0.25) is 0 Å². The Hall–Kier alpha value is -1.32. The van der Waals surface area contributed by atoms with Gasteiger partial charge in [0.25, 0.3) is 0 Å². The fourth-order valence-electron chi connectivity index (χ4n) is 0.500. The second kappa shape index (κ2) is 31.9. The summed E-state index contributed by atoms with van der Waals surface area (Å²) in [7, 11) is 0. The minimum Gasteiger partial charge on any atom is -0.300 e. The molecule has 0 amide bonds. The number of ketones is 4. The fourth-order valence-corrected chi connectivity index (χ4v) is 0.500. The normalized spacial score (nSPS) is 7.18. The highest BCUT2D eigenvalue weighted by molar-refractivity contribution is 5.72. The first-order valence-electron chi connectivity index (χ1n) is 7.73. The third-order valence-electron chi connectivity index (χ3n) is 0.957. The van der Waals surface area contributed by atoms with Crippen molar-refractivity contribution in [3.63, 3.8) is 0 Å². The molecule has 0 saturated heterocycles. The monoisotopic (exact) mass is 318 g/mol. The molecule has 0 saturated carbocycles. The molecule has 22 heavy (non-hydrogen) atoms. The van der Waals surface area contributed by atoms with Gasteiger partial charge in [-0.1, -0.05) is 39.5 Å². The molecule has 0 N–H and O–H groups in total. The third-order valence-corrected chi connectivity index (χ3v) is 0.957. The van der Waals surface area contributed by atoms with Crippen LogP contribution in [-0.4, -0.2) is 23.1 Å². The first kappa shape index (κ1) is 32.6. The quantitative estimate of drug-likeness (QED) is 0.689. The Labute approximate surface area is 138 Å². The van der Waals surface area contributed by atoms with Crippen molar-refractivity contribution in [1.29, 1.82) is 0 Å². The number of unbranched alkanes of at least 4 members (excludes halogenated alkanes) is 3. The largest absolute Gasteiger partial charge is 0.300 e. The first-order chi connectivity index (χ1) is 9.84. The maximum absolute atomic E-state index is 9.44. The maximum Gasteiger partial charge on any atom is 0.126 e. The molecule has 0 aliphatic heterocycles. The van der Waals surface area contributed by atoms with Crippen LogP contribution < -0.4 is 0 Å². The summed E-state index contributed by atoms with van der Waals surface area (Å²) in [5.74, 6) is 0.667. The van der Waals surface area contributed by atoms with E-state index in [1.807, 2.05) is 0 Å². The van der Waals surface area contributed by atoms with E-state index in [2.05, 4.69) is 13.8 Å². The van der Waals surface area contributed by atoms with Crippen LogP contribution in [0.3, 0.4) is 0 Å². The summed E-state index contributed by atoms with van der Waals surface area (Å²) in [6.45, 7) is 16.7. The Morgan fingerprint density at radius 3 is 0.591 bits per heavy atom. The third kappa shape index (κ3) is 2070. The molecule has 0 heterocycles. The molecule has 0 spiro atoms. The Kier molecular flexibility index (Phi) is 47.2. The first-order valence-corrected chi connectivity index (χ1v) is 7.73. The molecule has 0 radical (unpaired) electrons. The van der Waals surface area contributed by atoms with Crippen LogP contribution in [0, 0.1) is 0 Å². The van der Waals surface area contributed by atoms with E-state index in [1.165, 1.54) is 81.1 Å². The standard InChI is InChI=1S/C6H14.4C3H6O/c1-3-5-6-4-2;4*1-3(2)4/h3-6H2,1-2H3;4*1-2H3. The Balaban J connectivity index is -0.0000000555. The minimum atomic E-state index is 0.167. The van der Waals surface area contributed by atoms with Gasteiger partial charge < -0.3 is 19.2 Å². The number of rotatable bonds is 3. The van der Waals surface area contributed by atoms with Crippen molar-refractivity contribution in [2.45, 2.75) is 94.9 Å². The predicted octanol–water partition coefficient (Wildman–Crippen LogP) is 4.97. The lowest BCUT2D eigenvalue weighted by Gasteiger charge is -1.86. The average Bonchev–Trinajstić information content (AvgIpc) is 2.23. The highest BCUT2D eigenvalue weighted by atomic mass is 16.1. The van der Waals surface area contributed by atoms with Gasteiger partial charge in [0.15, 0.2) is 0 Å². The van der Waals surface area contributed by atoms with E-state index in [0.717, 1.165) is 0 Å². The maximum atomic E-state index is 9.44. The molecule has 0 aliphatic carbocycles. The summed E-state index contributed by atoms with van der Waals surface area (Å²) >= 11 is 0. The highest BCUT2D eigenvalue weighted by Gasteiger charge is 1.75. The summed E-state index contributed by atoms with van der Waals surface area (Å²) in [5.41, 5.74) is 0. The van der Waals surface area contributed by atoms with E-state index in [1.54, 1.807) is 0 Å². The molecule has 4 nitrogen and oxygen atoms in total. The zero-order valence-electron chi connectivity index (χ0n) is 16.5. The van der Waals surface area contributed by atoms with Crippen LogP contribution in [0.25, 0.3) is 0 Å². The van der Waals surface area contributed by atoms with E-state index in [0.29, 0.717) is 0 Å². The van der Waals surface area contributed by atoms with Crippen LogP contribution in [0.15, 0.2) is 0 Å². The van der Waals surface area contributed by atoms with Crippen molar-refractivity contribution < 1.29 is 19.2 Å². The Bertz CT molecular complexity index is 200. The van der Waals surface area contributed by atoms with Gasteiger partial charge >= 0.3 is 0 Å². The average molecular weight is 318 g/mol. The second-order valence-corrected chi connectivity index (χ2v) is 5.34. The topological polar surface area (TPSA) is 68.3 Å². The number of Topliss-reactive ketones (excluding diaryl/α,β-unsaturated/α-hetero) is 4. The summed E-state index contributed by atoms with van der Waals surface area (Å²) < 4.78 is 0. The van der Waals surface area contributed by atoms with E-state index in [9.17, 15) is 19.2 Å². The van der Waals surface area contributed by atoms with E-state index < -0.39 is 0 Å². The molecule has 134 valence electrons. The molecular formula is C18H38O4. The Morgan fingerprint density at radius 1 is 0.455 bits per heavy atom. The summed E-state index contributed by atoms with van der Waals surface area (Å²) in [6.07, 6.45) is 5.54. The number of hydrogen-bond acceptors (Lipinski definition) is 4. The van der Waals surface area contributed by atoms with Crippen LogP contribution >= 0.6 is 0 Å². The van der Waals surface area contributed by atoms with E-state index in [-0.39, 0.29) is 23.1 Å². The van der Waals surface area contributed by atoms with Gasteiger partial charge in [0, 0.05) is 0 Å². The molecule has 0 aliphatic rings. The minimum absolute atomic E-state index is 0.167. The van der Waals surface area contributed by atoms with Gasteiger partial charge in [-0.05, 0) is 55.4 Å². The highest BCUT2D eigenvalue weighted by Crippen LogP contribution is 1.95. The van der Waals surface area contributed by atoms with Gasteiger partial charge in [0.2, 0.25) is 0 Å². The predicted molar refractivity (Wildman–Crippen MR) is 95.2 cm³/mol. The summed E-state index contributed by atoms with van der Waals surface area (Å²) in [5, 5.41) is 0. The van der Waals surface area contributed by atoms with Crippen molar-refractivity contribution in [2.75, 3.05) is 0 Å². The molecule has 0 bridgehead atoms. The zero-order valence-corrected chi connectivity index (χ0v) is 16.5. The lowest BCUT2D eigenvalue weighted by atomic mass is 10.2. The van der Waals surface area contributed by atoms with Crippen molar-refractivity contribution >= 4 is 23.1 Å². The SMILES string of the molecule is CC(C)=O.CC(C)=O.CC(C)=O.CC(C)=O.CCCCCC. The van der Waals surface area contributed by atoms with Gasteiger partial charge in [-0.3, -0.25) is 0 Å². The molecular weight excluding hydrogens is 280 g/mol. The summed E-state index contributed by atoms with van der Waals surface area (Å²) in [4.78, 5) is 37.8. The molecule has 0 rings (SSSR count). The molecule has 0 unspecified atom stereocenters. The van der Waals surface area contributed by atoms with Gasteiger partial charge in [-0.2, -0.15) is 0 Å². The van der Waals surface area contributed by atoms with Crippen molar-refractivity contribution in [1.82, 2.24) is 0 Å². The van der Waals surface area contributed by atoms with E-state index >= 15 is 0 Å². The van der Waals surface area contributed by atoms with Crippen molar-refractivity contribution in [2.24, 2.45) is 0 Å². The van der Waals surface area contributed by atoms with Crippen LogP contribution in [-0.2, 0) is 19.2 Å². The number of carbonyl (C=O) groups is 4. The van der Waals surface area contributed by atoms with Crippen molar-refractivity contribution in [3.05, 3.63) is 0 Å². The molecule has 0 atom stereocenters. The molecule has 0 aromatic rings. The lowest BCUT2D eigenvalue weighted by molar-refractivity contribution is -0.115.